The van der Waals surface area contributed by atoms with E-state index in [1.807, 2.05) is 60.8 Å². The van der Waals surface area contributed by atoms with Crippen molar-refractivity contribution in [1.29, 1.82) is 0 Å². The van der Waals surface area contributed by atoms with E-state index in [1.54, 1.807) is 6.92 Å². The van der Waals surface area contributed by atoms with Gasteiger partial charge in [-0.25, -0.2) is 8.42 Å². The highest BCUT2D eigenvalue weighted by molar-refractivity contribution is 7.90. The van der Waals surface area contributed by atoms with E-state index in [-0.39, 0.29) is 37.6 Å². The summed E-state index contributed by atoms with van der Waals surface area (Å²) in [6.45, 7) is 1.72. The van der Waals surface area contributed by atoms with Crippen LogP contribution in [0.25, 0.3) is 10.9 Å². The Kier molecular flexibility index (Phi) is 9.25. The zero-order valence-corrected chi connectivity index (χ0v) is 27.0. The molecule has 2 amide bonds. The quantitative estimate of drug-likeness (QED) is 0.178. The molecule has 3 aromatic rings. The maximum Gasteiger partial charge on any atom is 0.303 e. The maximum atomic E-state index is 14.4. The Morgan fingerprint density at radius 1 is 0.935 bits per heavy atom. The molecule has 4 fully saturated rings. The lowest BCUT2D eigenvalue weighted by atomic mass is 9.56. The summed E-state index contributed by atoms with van der Waals surface area (Å²) < 4.78 is 31.7. The van der Waals surface area contributed by atoms with Crippen LogP contribution in [0.4, 0.5) is 0 Å². The molecule has 246 valence electrons. The fraction of sp³-hybridized carbons (Fsp3) is 0.514. The van der Waals surface area contributed by atoms with E-state index in [0.717, 1.165) is 47.7 Å². The van der Waals surface area contributed by atoms with Crippen molar-refractivity contribution in [3.63, 3.8) is 0 Å². The van der Waals surface area contributed by atoms with Gasteiger partial charge in [-0.05, 0) is 86.3 Å². The second-order valence-corrected chi connectivity index (χ2v) is 15.8. The highest BCUT2D eigenvalue weighted by Gasteiger charge is 2.54. The summed E-state index contributed by atoms with van der Waals surface area (Å²) in [5.74, 6) is -0.533. The van der Waals surface area contributed by atoms with Gasteiger partial charge >= 0.3 is 5.97 Å². The van der Waals surface area contributed by atoms with Gasteiger partial charge in [-0.15, -0.1) is 0 Å². The molecule has 1 heterocycles. The maximum absolute atomic E-state index is 14.4. The molecule has 10 nitrogen and oxygen atoms in total. The number of amides is 2. The number of fused-ring (bicyclic) bond motifs is 1. The Bertz CT molecular complexity index is 1660. The van der Waals surface area contributed by atoms with Gasteiger partial charge in [0.05, 0.1) is 17.7 Å². The number of hydrogen-bond donors (Lipinski definition) is 5. The van der Waals surface area contributed by atoms with E-state index in [1.165, 1.54) is 6.42 Å². The fourth-order valence-electron chi connectivity index (χ4n) is 8.55. The van der Waals surface area contributed by atoms with Gasteiger partial charge in [0.15, 0.2) is 0 Å². The number of carbonyl (C=O) groups excluding carboxylic acids is 2. The molecule has 1 aromatic heterocycles. The summed E-state index contributed by atoms with van der Waals surface area (Å²) in [5, 5.41) is 15.2. The molecule has 7 rings (SSSR count). The first-order valence-electron chi connectivity index (χ1n) is 16.4. The largest absolute Gasteiger partial charge is 0.481 e. The summed E-state index contributed by atoms with van der Waals surface area (Å²) in [4.78, 5) is 41.1. The van der Waals surface area contributed by atoms with Crippen molar-refractivity contribution < 1.29 is 27.9 Å². The van der Waals surface area contributed by atoms with Crippen molar-refractivity contribution in [2.75, 3.05) is 6.54 Å². The number of carboxylic acids is 1. The van der Waals surface area contributed by atoms with Gasteiger partial charge in [-0.3, -0.25) is 14.4 Å². The lowest BCUT2D eigenvalue weighted by Crippen LogP contribution is -2.64. The molecule has 2 atom stereocenters. The zero-order valence-electron chi connectivity index (χ0n) is 26.2. The summed E-state index contributed by atoms with van der Waals surface area (Å²) in [6.07, 6.45) is 6.82. The van der Waals surface area contributed by atoms with Crippen LogP contribution in [0, 0.1) is 23.7 Å². The SMILES string of the molecule is C[C@@](Cc1c[nH]c2ccccc12)(NS(=O)(=O)C1C2CC3CC(C2)CC1C3)C(=O)N[C@@H](CNC(=O)CCC(=O)O)Cc1ccccc1. The van der Waals surface area contributed by atoms with Gasteiger partial charge in [-0.2, -0.15) is 4.72 Å². The number of aliphatic carboxylic acids is 1. The van der Waals surface area contributed by atoms with Crippen LogP contribution in [-0.4, -0.2) is 59.7 Å². The predicted octanol–water partition coefficient (Wildman–Crippen LogP) is 3.92. The molecule has 4 bridgehead atoms. The van der Waals surface area contributed by atoms with E-state index in [4.69, 9.17) is 5.11 Å². The number of para-hydroxylation sites is 1. The highest BCUT2D eigenvalue weighted by Crippen LogP contribution is 2.55. The van der Waals surface area contributed by atoms with Crippen molar-refractivity contribution in [1.82, 2.24) is 20.3 Å². The third-order valence-electron chi connectivity index (χ3n) is 10.4. The van der Waals surface area contributed by atoms with Gasteiger partial charge in [-0.1, -0.05) is 48.5 Å². The van der Waals surface area contributed by atoms with E-state index >= 15 is 0 Å². The number of aromatic nitrogens is 1. The summed E-state index contributed by atoms with van der Waals surface area (Å²) in [7, 11) is -3.89. The van der Waals surface area contributed by atoms with Crippen LogP contribution in [-0.2, 0) is 37.2 Å². The lowest BCUT2D eigenvalue weighted by molar-refractivity contribution is -0.138. The molecule has 4 saturated carbocycles. The molecule has 11 heteroatoms. The summed E-state index contributed by atoms with van der Waals surface area (Å²) in [6, 6.07) is 16.7. The molecule has 0 spiro atoms. The normalized spacial score (nSPS) is 25.5. The molecule has 5 N–H and O–H groups in total. The summed E-state index contributed by atoms with van der Waals surface area (Å²) in [5.41, 5.74) is 1.12. The molecule has 0 aliphatic heterocycles. The molecular formula is C35H44N4O6S. The minimum absolute atomic E-state index is 0.0601. The van der Waals surface area contributed by atoms with Gasteiger partial charge in [0.25, 0.3) is 0 Å². The smallest absolute Gasteiger partial charge is 0.303 e. The Morgan fingerprint density at radius 2 is 1.59 bits per heavy atom. The minimum atomic E-state index is -3.89. The van der Waals surface area contributed by atoms with Crippen LogP contribution < -0.4 is 15.4 Å². The van der Waals surface area contributed by atoms with Crippen LogP contribution in [0.15, 0.2) is 60.8 Å². The van der Waals surface area contributed by atoms with E-state index < -0.39 is 44.6 Å². The molecule has 0 radical (unpaired) electrons. The first-order valence-corrected chi connectivity index (χ1v) is 17.9. The van der Waals surface area contributed by atoms with Crippen LogP contribution in [0.2, 0.25) is 0 Å². The van der Waals surface area contributed by atoms with Crippen LogP contribution in [0.1, 0.15) is 63.0 Å². The highest BCUT2D eigenvalue weighted by atomic mass is 32.2. The number of carbonyl (C=O) groups is 3. The predicted molar refractivity (Wildman–Crippen MR) is 175 cm³/mol. The number of hydrogen-bond acceptors (Lipinski definition) is 5. The first-order chi connectivity index (χ1) is 22.0. The van der Waals surface area contributed by atoms with Crippen molar-refractivity contribution in [3.05, 3.63) is 71.9 Å². The standard InChI is InChI=1S/C35H44N4O6S/c1-35(19-27-20-36-30-10-6-5-9-29(27)30,39-46(44,45)33-25-14-23-13-24(16-25)17-26(33)15-23)34(43)38-28(18-22-7-3-2-4-8-22)21-37-31(40)11-12-32(41)42/h2-10,20,23-26,28,33,36,39H,11-19,21H2,1H3,(H,37,40)(H,38,43)(H,41,42)/t23?,24?,25?,26?,28-,33?,35+/m1/s1. The molecule has 2 aromatic carbocycles. The monoisotopic (exact) mass is 648 g/mol. The Hall–Kier alpha value is -3.70. The topological polar surface area (TPSA) is 157 Å². The van der Waals surface area contributed by atoms with Gasteiger partial charge in [0.2, 0.25) is 21.8 Å². The molecule has 4 aliphatic rings. The van der Waals surface area contributed by atoms with Gasteiger partial charge in [0.1, 0.15) is 5.54 Å². The number of sulfonamides is 1. The van der Waals surface area contributed by atoms with E-state index in [2.05, 4.69) is 20.3 Å². The number of benzene rings is 2. The number of carboxylic acid groups (broad SMARTS) is 1. The van der Waals surface area contributed by atoms with Gasteiger partial charge < -0.3 is 20.7 Å². The molecule has 46 heavy (non-hydrogen) atoms. The number of H-pyrrole nitrogens is 1. The third kappa shape index (κ3) is 7.15. The minimum Gasteiger partial charge on any atom is -0.481 e. The lowest BCUT2D eigenvalue weighted by Gasteiger charge is -2.54. The van der Waals surface area contributed by atoms with Gasteiger partial charge in [0, 0.05) is 36.5 Å². The van der Waals surface area contributed by atoms with Crippen molar-refractivity contribution >= 4 is 38.7 Å². The second kappa shape index (κ2) is 13.2. The van der Waals surface area contributed by atoms with E-state index in [9.17, 15) is 22.8 Å². The first kappa shape index (κ1) is 32.2. The molecule has 4 aliphatic carbocycles. The molecule has 0 unspecified atom stereocenters. The van der Waals surface area contributed by atoms with Crippen molar-refractivity contribution in [2.24, 2.45) is 23.7 Å². The Balaban J connectivity index is 1.27. The number of aromatic amines is 1. The summed E-state index contributed by atoms with van der Waals surface area (Å²) >= 11 is 0. The number of nitrogens with one attached hydrogen (secondary N) is 4. The Labute approximate surface area is 270 Å². The fourth-order valence-corrected chi connectivity index (χ4v) is 10.9. The zero-order chi connectivity index (χ0) is 32.5. The average molecular weight is 649 g/mol. The van der Waals surface area contributed by atoms with Crippen LogP contribution in [0.3, 0.4) is 0 Å². The van der Waals surface area contributed by atoms with Crippen LogP contribution in [0.5, 0.6) is 0 Å². The van der Waals surface area contributed by atoms with Crippen molar-refractivity contribution in [3.8, 4) is 0 Å². The number of rotatable bonds is 14. The van der Waals surface area contributed by atoms with Crippen molar-refractivity contribution in [2.45, 2.75) is 81.5 Å². The van der Waals surface area contributed by atoms with E-state index in [0.29, 0.717) is 18.3 Å². The second-order valence-electron chi connectivity index (χ2n) is 14.0. The molecular weight excluding hydrogens is 604 g/mol. The average Bonchev–Trinajstić information content (AvgIpc) is 3.40. The third-order valence-corrected chi connectivity index (χ3v) is 12.6. The Morgan fingerprint density at radius 3 is 2.26 bits per heavy atom. The van der Waals surface area contributed by atoms with Crippen LogP contribution >= 0.6 is 0 Å². The molecule has 0 saturated heterocycles.